The van der Waals surface area contributed by atoms with E-state index in [0.717, 1.165) is 16.7 Å². The van der Waals surface area contributed by atoms with Gasteiger partial charge in [-0.25, -0.2) is 0 Å². The van der Waals surface area contributed by atoms with Gasteiger partial charge in [-0.05, 0) is 74.2 Å². The molecule has 2 aromatic carbocycles. The summed E-state index contributed by atoms with van der Waals surface area (Å²) < 4.78 is 0. The fourth-order valence-corrected chi connectivity index (χ4v) is 19.8. The van der Waals surface area contributed by atoms with E-state index in [2.05, 4.69) is 142 Å². The van der Waals surface area contributed by atoms with Crippen molar-refractivity contribution in [3.63, 3.8) is 0 Å². The molecule has 2 aromatic rings. The largest absolute Gasteiger partial charge is 0.269 e. The van der Waals surface area contributed by atoms with Crippen LogP contribution in [-0.4, -0.2) is 21.1 Å². The van der Waals surface area contributed by atoms with Crippen molar-refractivity contribution in [3.05, 3.63) is 129 Å². The molecule has 0 spiro atoms. The Morgan fingerprint density at radius 3 is 1.44 bits per heavy atom. The van der Waals surface area contributed by atoms with Gasteiger partial charge in [0, 0.05) is 29.2 Å². The molecule has 0 amide bonds. The van der Waals surface area contributed by atoms with E-state index in [-0.39, 0.29) is 11.6 Å². The lowest BCUT2D eigenvalue weighted by Crippen LogP contribution is -2.43. The lowest BCUT2D eigenvalue weighted by molar-refractivity contribution is -0.384. The molecular formula is C52H57N3O2Si2. The van der Waals surface area contributed by atoms with Crippen molar-refractivity contribution in [1.29, 1.82) is 10.5 Å². The summed E-state index contributed by atoms with van der Waals surface area (Å²) in [5, 5.41) is 32.2. The summed E-state index contributed by atoms with van der Waals surface area (Å²) >= 11 is 0. The topological polar surface area (TPSA) is 90.7 Å². The standard InChI is InChI=1S/C52H57N3O2Si2/c1-37(2)58(38(3)4,39(5)6)32-30-45(24-18-43-20-26-47(27-21-43)51-34-48-16-14-13-15-17-50(48)52(51,35-53)36-54)46(25-19-44-22-28-49(29-23-44)55(56)57)31-33-59(40(7)8,41(9)10)42(11)12/h13-17,20-23,26-29,34,37-42,50H,1-12H3/b46-45+. The third-order valence-corrected chi connectivity index (χ3v) is 25.0. The van der Waals surface area contributed by atoms with E-state index in [1.807, 2.05) is 60.7 Å². The Kier molecular flexibility index (Phi) is 15.0. The Hall–Kier alpha value is -5.81. The first-order valence-electron chi connectivity index (χ1n) is 20.7. The Balaban J connectivity index is 2.02. The number of non-ortho nitro benzene ring substituents is 1. The Morgan fingerprint density at radius 2 is 1.05 bits per heavy atom. The highest BCUT2D eigenvalue weighted by Crippen LogP contribution is 2.52. The van der Waals surface area contributed by atoms with Crippen LogP contribution in [0.4, 0.5) is 5.69 Å². The van der Waals surface area contributed by atoms with Crippen LogP contribution in [0.2, 0.25) is 33.2 Å². The van der Waals surface area contributed by atoms with Gasteiger partial charge in [0.2, 0.25) is 0 Å². The SMILES string of the molecule is CC(C)[Si](C#C/C(C#Cc1ccc(C2=CC3=CC=CC=CC3C2(C#N)C#N)cc1)=C(\C#Cc1ccc([N+](=O)[O-])cc1)C#C[Si](C(C)C)(C(C)C)C(C)C)(C(C)C)C(C)C. The zero-order chi connectivity index (χ0) is 43.7. The highest BCUT2D eigenvalue weighted by atomic mass is 28.3. The minimum atomic E-state index is -2.21. The van der Waals surface area contributed by atoms with Gasteiger partial charge in [0.25, 0.3) is 5.69 Å². The molecule has 0 heterocycles. The maximum Gasteiger partial charge on any atom is 0.269 e. The molecular weight excluding hydrogens is 755 g/mol. The highest BCUT2D eigenvalue weighted by Gasteiger charge is 2.48. The molecule has 0 aliphatic heterocycles. The van der Waals surface area contributed by atoms with Gasteiger partial charge in [0.1, 0.15) is 16.1 Å². The molecule has 0 fully saturated rings. The molecule has 1 unspecified atom stereocenters. The summed E-state index contributed by atoms with van der Waals surface area (Å²) in [7, 11) is -4.41. The number of allylic oxidation sites excluding steroid dienone is 10. The summed E-state index contributed by atoms with van der Waals surface area (Å²) in [6.45, 7) is 27.4. The number of hydrogen-bond donors (Lipinski definition) is 0. The molecule has 2 aliphatic carbocycles. The molecule has 0 bridgehead atoms. The lowest BCUT2D eigenvalue weighted by Gasteiger charge is -2.38. The van der Waals surface area contributed by atoms with Crippen molar-refractivity contribution in [2.45, 2.75) is 116 Å². The third kappa shape index (κ3) is 9.41. The summed E-state index contributed by atoms with van der Waals surface area (Å²) in [5.41, 5.74) is 13.7. The van der Waals surface area contributed by atoms with Gasteiger partial charge in [-0.1, -0.05) is 167 Å². The normalized spacial score (nSPS) is 15.9. The van der Waals surface area contributed by atoms with E-state index in [0.29, 0.717) is 55.5 Å². The monoisotopic (exact) mass is 811 g/mol. The van der Waals surface area contributed by atoms with Crippen molar-refractivity contribution in [2.24, 2.45) is 11.3 Å². The van der Waals surface area contributed by atoms with E-state index in [4.69, 9.17) is 0 Å². The Labute approximate surface area is 356 Å². The molecule has 7 heteroatoms. The second kappa shape index (κ2) is 19.3. The first kappa shape index (κ1) is 45.9. The molecule has 5 nitrogen and oxygen atoms in total. The summed E-state index contributed by atoms with van der Waals surface area (Å²) in [5.74, 6) is 20.3. The van der Waals surface area contributed by atoms with Gasteiger partial charge in [-0.15, -0.1) is 11.1 Å². The van der Waals surface area contributed by atoms with Gasteiger partial charge >= 0.3 is 0 Å². The molecule has 0 N–H and O–H groups in total. The molecule has 2 aliphatic rings. The Morgan fingerprint density at radius 1 is 0.627 bits per heavy atom. The average Bonchev–Trinajstić information content (AvgIpc) is 3.30. The highest BCUT2D eigenvalue weighted by molar-refractivity contribution is 6.91. The number of fused-ring (bicyclic) bond motifs is 1. The summed E-state index contributed by atoms with van der Waals surface area (Å²) in [6, 6.07) is 18.6. The third-order valence-electron chi connectivity index (χ3n) is 12.5. The predicted octanol–water partition coefficient (Wildman–Crippen LogP) is 12.8. The van der Waals surface area contributed by atoms with Crippen LogP contribution in [0.15, 0.2) is 102 Å². The fraction of sp³-hybridized carbons (Fsp3) is 0.385. The minimum Gasteiger partial charge on any atom is -0.258 e. The quantitative estimate of drug-likeness (QED) is 0.115. The van der Waals surface area contributed by atoms with Crippen LogP contribution in [0, 0.1) is 90.7 Å². The van der Waals surface area contributed by atoms with Crippen molar-refractivity contribution < 1.29 is 4.92 Å². The number of hydrogen-bond acceptors (Lipinski definition) is 4. The molecule has 0 radical (unpaired) electrons. The van der Waals surface area contributed by atoms with Crippen LogP contribution in [0.3, 0.4) is 0 Å². The molecule has 0 saturated carbocycles. The van der Waals surface area contributed by atoms with Crippen molar-refractivity contribution in [2.75, 3.05) is 0 Å². The smallest absolute Gasteiger partial charge is 0.258 e. The average molecular weight is 812 g/mol. The number of benzene rings is 2. The molecule has 300 valence electrons. The molecule has 0 aromatic heterocycles. The van der Waals surface area contributed by atoms with Gasteiger partial charge in [0.05, 0.1) is 28.2 Å². The van der Waals surface area contributed by atoms with Crippen LogP contribution in [-0.2, 0) is 0 Å². The fourth-order valence-electron chi connectivity index (χ4n) is 9.39. The molecule has 0 saturated heterocycles. The zero-order valence-corrected chi connectivity index (χ0v) is 38.8. The zero-order valence-electron chi connectivity index (χ0n) is 36.8. The van der Waals surface area contributed by atoms with Crippen LogP contribution in [0.1, 0.15) is 99.8 Å². The van der Waals surface area contributed by atoms with E-state index in [9.17, 15) is 20.6 Å². The number of nitro benzene ring substituents is 1. The van der Waals surface area contributed by atoms with Gasteiger partial charge < -0.3 is 0 Å². The van der Waals surface area contributed by atoms with Crippen molar-refractivity contribution in [3.8, 4) is 58.7 Å². The summed E-state index contributed by atoms with van der Waals surface area (Å²) in [6.07, 6.45) is 11.6. The molecule has 1 atom stereocenters. The van der Waals surface area contributed by atoms with Gasteiger partial charge in [-0.3, -0.25) is 10.1 Å². The maximum absolute atomic E-state index is 11.4. The van der Waals surface area contributed by atoms with Crippen LogP contribution in [0.5, 0.6) is 0 Å². The second-order valence-electron chi connectivity index (χ2n) is 17.4. The molecule has 4 rings (SSSR count). The van der Waals surface area contributed by atoms with Gasteiger partial charge in [-0.2, -0.15) is 10.5 Å². The Bertz CT molecular complexity index is 2370. The van der Waals surface area contributed by atoms with Crippen LogP contribution >= 0.6 is 0 Å². The van der Waals surface area contributed by atoms with E-state index >= 15 is 0 Å². The van der Waals surface area contributed by atoms with Crippen LogP contribution in [0.25, 0.3) is 5.57 Å². The second-order valence-corrected chi connectivity index (χ2v) is 28.6. The first-order valence-corrected chi connectivity index (χ1v) is 25.2. The maximum atomic E-state index is 11.4. The predicted molar refractivity (Wildman–Crippen MR) is 249 cm³/mol. The number of nitrogens with zero attached hydrogens (tertiary/aromatic N) is 3. The first-order chi connectivity index (χ1) is 27.9. The van der Waals surface area contributed by atoms with E-state index in [1.54, 1.807) is 12.1 Å². The summed E-state index contributed by atoms with van der Waals surface area (Å²) in [4.78, 5) is 11.0. The van der Waals surface area contributed by atoms with Crippen LogP contribution < -0.4 is 0 Å². The van der Waals surface area contributed by atoms with Gasteiger partial charge in [0.15, 0.2) is 5.41 Å². The number of nitriles is 2. The molecule has 59 heavy (non-hydrogen) atoms. The van der Waals surface area contributed by atoms with Crippen molar-refractivity contribution in [1.82, 2.24) is 0 Å². The van der Waals surface area contributed by atoms with E-state index < -0.39 is 26.5 Å². The number of nitro groups is 1. The van der Waals surface area contributed by atoms with Crippen molar-refractivity contribution >= 4 is 27.4 Å². The number of rotatable bonds is 8. The van der Waals surface area contributed by atoms with E-state index in [1.165, 1.54) is 12.1 Å². The lowest BCUT2D eigenvalue weighted by atomic mass is 9.73. The minimum absolute atomic E-state index is 0.00327.